The van der Waals surface area contributed by atoms with Gasteiger partial charge in [0.15, 0.2) is 5.13 Å². The lowest BCUT2D eigenvalue weighted by atomic mass is 10.2. The number of rotatable bonds is 9. The highest BCUT2D eigenvalue weighted by Crippen LogP contribution is 2.29. The van der Waals surface area contributed by atoms with Crippen LogP contribution >= 0.6 is 11.3 Å². The van der Waals surface area contributed by atoms with Crippen molar-refractivity contribution in [1.82, 2.24) is 4.98 Å². The van der Waals surface area contributed by atoms with Crippen molar-refractivity contribution in [2.24, 2.45) is 5.92 Å². The highest BCUT2D eigenvalue weighted by Gasteiger charge is 2.04. The topological polar surface area (TPSA) is 43.4 Å². The van der Waals surface area contributed by atoms with Crippen molar-refractivity contribution in [3.05, 3.63) is 18.2 Å². The van der Waals surface area contributed by atoms with E-state index in [2.05, 4.69) is 24.1 Å². The number of benzene rings is 1. The Balaban J connectivity index is 1.80. The fourth-order valence-electron chi connectivity index (χ4n) is 1.93. The standard InChI is InChI=1S/C16H24N2O2S/c1-4-20-13-6-7-14-15(10-13)21-16(18-14)17-8-5-9-19-11-12(2)3/h6-7,10,12H,4-5,8-9,11H2,1-3H3,(H,17,18). The summed E-state index contributed by atoms with van der Waals surface area (Å²) in [6.45, 7) is 9.52. The third kappa shape index (κ3) is 5.17. The summed E-state index contributed by atoms with van der Waals surface area (Å²) in [7, 11) is 0. The molecule has 0 bridgehead atoms. The summed E-state index contributed by atoms with van der Waals surface area (Å²) in [6.07, 6.45) is 0.993. The predicted octanol–water partition coefficient (Wildman–Crippen LogP) is 4.17. The zero-order valence-electron chi connectivity index (χ0n) is 13.0. The average Bonchev–Trinajstić information content (AvgIpc) is 2.84. The molecule has 0 atom stereocenters. The van der Waals surface area contributed by atoms with E-state index < -0.39 is 0 Å². The molecule has 0 saturated heterocycles. The molecule has 1 aromatic carbocycles. The van der Waals surface area contributed by atoms with Crippen molar-refractivity contribution in [3.8, 4) is 5.75 Å². The molecular weight excluding hydrogens is 284 g/mol. The van der Waals surface area contributed by atoms with Gasteiger partial charge in [-0.1, -0.05) is 25.2 Å². The van der Waals surface area contributed by atoms with Crippen molar-refractivity contribution < 1.29 is 9.47 Å². The highest BCUT2D eigenvalue weighted by molar-refractivity contribution is 7.22. The van der Waals surface area contributed by atoms with E-state index in [-0.39, 0.29) is 0 Å². The molecule has 0 aliphatic rings. The van der Waals surface area contributed by atoms with Crippen LogP contribution in [0.25, 0.3) is 10.2 Å². The molecule has 0 radical (unpaired) electrons. The molecule has 0 spiro atoms. The van der Waals surface area contributed by atoms with Crippen LogP contribution in [-0.2, 0) is 4.74 Å². The van der Waals surface area contributed by atoms with E-state index in [4.69, 9.17) is 9.47 Å². The molecule has 0 amide bonds. The van der Waals surface area contributed by atoms with Crippen molar-refractivity contribution in [2.45, 2.75) is 27.2 Å². The molecule has 4 nitrogen and oxygen atoms in total. The molecule has 0 unspecified atom stereocenters. The number of anilines is 1. The van der Waals surface area contributed by atoms with E-state index in [0.29, 0.717) is 12.5 Å². The fraction of sp³-hybridized carbons (Fsp3) is 0.562. The number of hydrogen-bond donors (Lipinski definition) is 1. The second kappa shape index (κ2) is 8.20. The Kier molecular flexibility index (Phi) is 6.26. The molecule has 21 heavy (non-hydrogen) atoms. The van der Waals surface area contributed by atoms with Gasteiger partial charge in [-0.25, -0.2) is 4.98 Å². The summed E-state index contributed by atoms with van der Waals surface area (Å²) in [4.78, 5) is 4.57. The van der Waals surface area contributed by atoms with Crippen LogP contribution in [-0.4, -0.2) is 31.3 Å². The Morgan fingerprint density at radius 2 is 2.19 bits per heavy atom. The van der Waals surface area contributed by atoms with Gasteiger partial charge in [-0.3, -0.25) is 0 Å². The fourth-order valence-corrected chi connectivity index (χ4v) is 2.85. The van der Waals surface area contributed by atoms with Crippen LogP contribution in [0.4, 0.5) is 5.13 Å². The minimum atomic E-state index is 0.599. The first kappa shape index (κ1) is 16.0. The van der Waals surface area contributed by atoms with Crippen molar-refractivity contribution in [2.75, 3.05) is 31.7 Å². The largest absolute Gasteiger partial charge is 0.494 e. The first-order valence-electron chi connectivity index (χ1n) is 7.54. The second-order valence-corrected chi connectivity index (χ2v) is 6.36. The molecule has 0 aliphatic carbocycles. The third-order valence-electron chi connectivity index (χ3n) is 2.86. The number of hydrogen-bond acceptors (Lipinski definition) is 5. The summed E-state index contributed by atoms with van der Waals surface area (Å²) in [5, 5.41) is 4.32. The smallest absolute Gasteiger partial charge is 0.183 e. The molecule has 2 aromatic rings. The number of fused-ring (bicyclic) bond motifs is 1. The first-order chi connectivity index (χ1) is 10.2. The highest BCUT2D eigenvalue weighted by atomic mass is 32.1. The maximum Gasteiger partial charge on any atom is 0.183 e. The van der Waals surface area contributed by atoms with Gasteiger partial charge in [-0.05, 0) is 37.5 Å². The summed E-state index contributed by atoms with van der Waals surface area (Å²) in [5.74, 6) is 1.50. The Morgan fingerprint density at radius 3 is 2.95 bits per heavy atom. The summed E-state index contributed by atoms with van der Waals surface area (Å²) >= 11 is 1.66. The molecule has 1 aromatic heterocycles. The normalized spacial score (nSPS) is 11.2. The monoisotopic (exact) mass is 308 g/mol. The van der Waals surface area contributed by atoms with Crippen LogP contribution in [0.5, 0.6) is 5.75 Å². The molecule has 116 valence electrons. The van der Waals surface area contributed by atoms with E-state index in [1.54, 1.807) is 11.3 Å². The van der Waals surface area contributed by atoms with E-state index in [1.165, 1.54) is 0 Å². The van der Waals surface area contributed by atoms with Gasteiger partial charge in [0.1, 0.15) is 5.75 Å². The number of ether oxygens (including phenoxy) is 2. The van der Waals surface area contributed by atoms with Crippen LogP contribution in [0.2, 0.25) is 0 Å². The van der Waals surface area contributed by atoms with E-state index in [9.17, 15) is 0 Å². The van der Waals surface area contributed by atoms with E-state index in [1.807, 2.05) is 25.1 Å². The second-order valence-electron chi connectivity index (χ2n) is 5.33. The van der Waals surface area contributed by atoms with Gasteiger partial charge in [-0.15, -0.1) is 0 Å². The van der Waals surface area contributed by atoms with Gasteiger partial charge in [0, 0.05) is 19.8 Å². The first-order valence-corrected chi connectivity index (χ1v) is 8.35. The molecule has 2 rings (SSSR count). The minimum Gasteiger partial charge on any atom is -0.494 e. The van der Waals surface area contributed by atoms with Gasteiger partial charge >= 0.3 is 0 Å². The number of nitrogens with one attached hydrogen (secondary N) is 1. The lowest BCUT2D eigenvalue weighted by Gasteiger charge is -2.06. The molecule has 1 N–H and O–H groups in total. The summed E-state index contributed by atoms with van der Waals surface area (Å²) < 4.78 is 12.2. The number of thiazole rings is 1. The maximum atomic E-state index is 5.56. The summed E-state index contributed by atoms with van der Waals surface area (Å²) in [6, 6.07) is 6.02. The Hall–Kier alpha value is -1.33. The van der Waals surface area contributed by atoms with Crippen molar-refractivity contribution in [1.29, 1.82) is 0 Å². The molecule has 5 heteroatoms. The summed E-state index contributed by atoms with van der Waals surface area (Å²) in [5.41, 5.74) is 1.02. The minimum absolute atomic E-state index is 0.599. The SMILES string of the molecule is CCOc1ccc2nc(NCCCOCC(C)C)sc2c1. The maximum absolute atomic E-state index is 5.56. The lowest BCUT2D eigenvalue weighted by molar-refractivity contribution is 0.110. The Bertz CT molecular complexity index is 554. The molecule has 0 aliphatic heterocycles. The van der Waals surface area contributed by atoms with Gasteiger partial charge in [-0.2, -0.15) is 0 Å². The third-order valence-corrected chi connectivity index (χ3v) is 3.84. The van der Waals surface area contributed by atoms with Crippen LogP contribution in [0.15, 0.2) is 18.2 Å². The van der Waals surface area contributed by atoms with Crippen LogP contribution in [0, 0.1) is 5.92 Å². The van der Waals surface area contributed by atoms with Gasteiger partial charge in [0.2, 0.25) is 0 Å². The Morgan fingerprint density at radius 1 is 1.33 bits per heavy atom. The Labute approximate surface area is 130 Å². The van der Waals surface area contributed by atoms with Crippen LogP contribution in [0.3, 0.4) is 0 Å². The van der Waals surface area contributed by atoms with Crippen LogP contribution in [0.1, 0.15) is 27.2 Å². The van der Waals surface area contributed by atoms with Gasteiger partial charge in [0.25, 0.3) is 0 Å². The number of aromatic nitrogens is 1. The zero-order chi connectivity index (χ0) is 15.1. The van der Waals surface area contributed by atoms with Gasteiger partial charge in [0.05, 0.1) is 16.8 Å². The van der Waals surface area contributed by atoms with Crippen molar-refractivity contribution >= 4 is 26.7 Å². The quantitative estimate of drug-likeness (QED) is 0.706. The van der Waals surface area contributed by atoms with Crippen molar-refractivity contribution in [3.63, 3.8) is 0 Å². The molecule has 1 heterocycles. The van der Waals surface area contributed by atoms with E-state index in [0.717, 1.165) is 47.3 Å². The van der Waals surface area contributed by atoms with Gasteiger partial charge < -0.3 is 14.8 Å². The molecular formula is C16H24N2O2S. The average molecular weight is 308 g/mol. The zero-order valence-corrected chi connectivity index (χ0v) is 13.8. The predicted molar refractivity (Wildman–Crippen MR) is 89.6 cm³/mol. The molecule has 0 saturated carbocycles. The molecule has 0 fully saturated rings. The lowest BCUT2D eigenvalue weighted by Crippen LogP contribution is -2.08. The van der Waals surface area contributed by atoms with Crippen LogP contribution < -0.4 is 10.1 Å². The van der Waals surface area contributed by atoms with E-state index >= 15 is 0 Å². The number of nitrogens with zero attached hydrogens (tertiary/aromatic N) is 1.